The number of benzene rings is 1. The van der Waals surface area contributed by atoms with Crippen molar-refractivity contribution in [2.45, 2.75) is 42.4 Å². The van der Waals surface area contributed by atoms with Gasteiger partial charge in [-0.15, -0.1) is 0 Å². The van der Waals surface area contributed by atoms with Crippen molar-refractivity contribution < 1.29 is 18.3 Å². The van der Waals surface area contributed by atoms with Crippen molar-refractivity contribution in [2.24, 2.45) is 0 Å². The van der Waals surface area contributed by atoms with E-state index in [-0.39, 0.29) is 28.9 Å². The average Bonchev–Trinajstić information content (AvgIpc) is 2.90. The van der Waals surface area contributed by atoms with E-state index in [0.717, 1.165) is 19.3 Å². The van der Waals surface area contributed by atoms with Crippen molar-refractivity contribution in [3.63, 3.8) is 0 Å². The number of aromatic hydroxyl groups is 1. The molecule has 6 heteroatoms. The Balaban J connectivity index is 1.79. The lowest BCUT2D eigenvalue weighted by atomic mass is 9.96. The minimum atomic E-state index is -3.58. The lowest BCUT2D eigenvalue weighted by molar-refractivity contribution is 0.0996. The van der Waals surface area contributed by atoms with Gasteiger partial charge >= 0.3 is 0 Å². The van der Waals surface area contributed by atoms with Crippen molar-refractivity contribution >= 4 is 10.0 Å². The van der Waals surface area contributed by atoms with Gasteiger partial charge in [-0.25, -0.2) is 13.1 Å². The molecule has 2 saturated heterocycles. The predicted molar refractivity (Wildman–Crippen MR) is 64.7 cm³/mol. The second-order valence-corrected chi connectivity index (χ2v) is 6.55. The van der Waals surface area contributed by atoms with E-state index in [2.05, 4.69) is 4.72 Å². The Bertz CT molecular complexity index is 557. The third-order valence-electron chi connectivity index (χ3n) is 3.54. The molecule has 98 valence electrons. The van der Waals surface area contributed by atoms with Gasteiger partial charge in [-0.05, 0) is 37.5 Å². The minimum absolute atomic E-state index is 0.00193. The van der Waals surface area contributed by atoms with Gasteiger partial charge in [-0.1, -0.05) is 6.07 Å². The van der Waals surface area contributed by atoms with E-state index in [4.69, 9.17) is 4.74 Å². The number of phenolic OH excluding ortho intramolecular Hbond substituents is 1. The molecular formula is C12H15NO4S. The van der Waals surface area contributed by atoms with Gasteiger partial charge in [-0.2, -0.15) is 0 Å². The first kappa shape index (κ1) is 12.0. The first-order valence-electron chi connectivity index (χ1n) is 6.01. The molecule has 0 saturated carbocycles. The van der Waals surface area contributed by atoms with Crippen LogP contribution in [0.1, 0.15) is 19.3 Å². The summed E-state index contributed by atoms with van der Waals surface area (Å²) in [7, 11) is -3.58. The standard InChI is InChI=1S/C12H15NO4S/c14-8-2-1-3-10(6-8)18(15,16)13-11-7-9-4-5-12(11)17-9/h1-3,6,9,11-14H,4-5,7H2. The van der Waals surface area contributed by atoms with Crippen LogP contribution in [0.4, 0.5) is 0 Å². The highest BCUT2D eigenvalue weighted by atomic mass is 32.2. The average molecular weight is 269 g/mol. The van der Waals surface area contributed by atoms with Crippen molar-refractivity contribution in [1.29, 1.82) is 0 Å². The number of hydrogen-bond donors (Lipinski definition) is 2. The molecule has 0 spiro atoms. The van der Waals surface area contributed by atoms with Crippen LogP contribution in [0.3, 0.4) is 0 Å². The highest BCUT2D eigenvalue weighted by Gasteiger charge is 2.42. The van der Waals surface area contributed by atoms with E-state index >= 15 is 0 Å². The summed E-state index contributed by atoms with van der Waals surface area (Å²) in [5, 5.41) is 9.33. The second kappa shape index (κ2) is 4.22. The molecule has 1 aromatic rings. The zero-order valence-electron chi connectivity index (χ0n) is 9.74. The normalized spacial score (nSPS) is 30.8. The van der Waals surface area contributed by atoms with Crippen molar-refractivity contribution in [1.82, 2.24) is 4.72 Å². The molecule has 3 unspecified atom stereocenters. The number of phenols is 1. The van der Waals surface area contributed by atoms with Gasteiger partial charge in [0.05, 0.1) is 23.1 Å². The minimum Gasteiger partial charge on any atom is -0.508 e. The fourth-order valence-corrected chi connectivity index (χ4v) is 4.00. The van der Waals surface area contributed by atoms with Crippen LogP contribution in [-0.2, 0) is 14.8 Å². The largest absolute Gasteiger partial charge is 0.508 e. The highest BCUT2D eigenvalue weighted by molar-refractivity contribution is 7.89. The predicted octanol–water partition coefficient (Wildman–Crippen LogP) is 0.990. The molecule has 1 aromatic carbocycles. The van der Waals surface area contributed by atoms with Gasteiger partial charge in [0.15, 0.2) is 0 Å². The molecule has 2 aliphatic heterocycles. The third-order valence-corrected chi connectivity index (χ3v) is 5.03. The molecule has 2 N–H and O–H groups in total. The number of sulfonamides is 1. The molecule has 2 aliphatic rings. The lowest BCUT2D eigenvalue weighted by Gasteiger charge is -2.19. The number of fused-ring (bicyclic) bond motifs is 2. The Kier molecular flexibility index (Phi) is 2.80. The zero-order chi connectivity index (χ0) is 12.8. The lowest BCUT2D eigenvalue weighted by Crippen LogP contribution is -2.41. The first-order valence-corrected chi connectivity index (χ1v) is 7.50. The van der Waals surface area contributed by atoms with E-state index in [1.165, 1.54) is 24.3 Å². The Hall–Kier alpha value is -1.11. The maximum Gasteiger partial charge on any atom is 0.241 e. The van der Waals surface area contributed by atoms with Gasteiger partial charge < -0.3 is 9.84 Å². The van der Waals surface area contributed by atoms with Crippen LogP contribution >= 0.6 is 0 Å². The number of ether oxygens (including phenoxy) is 1. The first-order chi connectivity index (χ1) is 8.54. The quantitative estimate of drug-likeness (QED) is 0.858. The summed E-state index contributed by atoms with van der Waals surface area (Å²) < 4.78 is 32.6. The van der Waals surface area contributed by atoms with Gasteiger partial charge in [0, 0.05) is 0 Å². The van der Waals surface area contributed by atoms with E-state index in [1.807, 2.05) is 0 Å². The number of nitrogens with one attached hydrogen (secondary N) is 1. The van der Waals surface area contributed by atoms with Crippen LogP contribution < -0.4 is 4.72 Å². The Morgan fingerprint density at radius 1 is 1.33 bits per heavy atom. The molecule has 3 rings (SSSR count). The highest BCUT2D eigenvalue weighted by Crippen LogP contribution is 2.35. The molecule has 3 atom stereocenters. The molecule has 2 bridgehead atoms. The molecule has 18 heavy (non-hydrogen) atoms. The number of hydrogen-bond acceptors (Lipinski definition) is 4. The topological polar surface area (TPSA) is 75.6 Å². The van der Waals surface area contributed by atoms with Gasteiger partial charge in [-0.3, -0.25) is 0 Å². The van der Waals surface area contributed by atoms with E-state index in [1.54, 1.807) is 0 Å². The third kappa shape index (κ3) is 2.11. The van der Waals surface area contributed by atoms with Crippen LogP contribution in [0.15, 0.2) is 29.2 Å². The van der Waals surface area contributed by atoms with Crippen molar-refractivity contribution in [3.8, 4) is 5.75 Å². The van der Waals surface area contributed by atoms with Gasteiger partial charge in [0.2, 0.25) is 10.0 Å². The summed E-state index contributed by atoms with van der Waals surface area (Å²) in [6.45, 7) is 0. The molecule has 0 aliphatic carbocycles. The van der Waals surface area contributed by atoms with Crippen LogP contribution in [-0.4, -0.2) is 31.8 Å². The Labute approximate surface area is 106 Å². The SMILES string of the molecule is O=S(=O)(NC1CC2CCC1O2)c1cccc(O)c1. The fraction of sp³-hybridized carbons (Fsp3) is 0.500. The zero-order valence-corrected chi connectivity index (χ0v) is 10.6. The van der Waals surface area contributed by atoms with Crippen LogP contribution in [0.2, 0.25) is 0 Å². The van der Waals surface area contributed by atoms with Crippen molar-refractivity contribution in [2.75, 3.05) is 0 Å². The summed E-state index contributed by atoms with van der Waals surface area (Å²) in [6, 6.07) is 5.53. The molecule has 0 aromatic heterocycles. The number of rotatable bonds is 3. The van der Waals surface area contributed by atoms with Crippen molar-refractivity contribution in [3.05, 3.63) is 24.3 Å². The molecule has 2 heterocycles. The molecular weight excluding hydrogens is 254 g/mol. The summed E-state index contributed by atoms with van der Waals surface area (Å²) in [6.07, 6.45) is 2.88. The van der Waals surface area contributed by atoms with Crippen LogP contribution in [0, 0.1) is 0 Å². The maximum atomic E-state index is 12.1. The van der Waals surface area contributed by atoms with E-state index < -0.39 is 10.0 Å². The van der Waals surface area contributed by atoms with Crippen LogP contribution in [0.25, 0.3) is 0 Å². The monoisotopic (exact) mass is 269 g/mol. The smallest absolute Gasteiger partial charge is 0.241 e. The van der Waals surface area contributed by atoms with E-state index in [0.29, 0.717) is 0 Å². The summed E-state index contributed by atoms with van der Waals surface area (Å²) in [4.78, 5) is 0.0882. The molecule has 2 fully saturated rings. The molecule has 5 nitrogen and oxygen atoms in total. The van der Waals surface area contributed by atoms with E-state index in [9.17, 15) is 13.5 Å². The van der Waals surface area contributed by atoms with Gasteiger partial charge in [0.25, 0.3) is 0 Å². The van der Waals surface area contributed by atoms with Gasteiger partial charge in [0.1, 0.15) is 5.75 Å². The summed E-state index contributed by atoms with van der Waals surface area (Å²) in [5.41, 5.74) is 0. The molecule has 0 radical (unpaired) electrons. The Morgan fingerprint density at radius 2 is 2.17 bits per heavy atom. The van der Waals surface area contributed by atoms with Crippen LogP contribution in [0.5, 0.6) is 5.75 Å². The summed E-state index contributed by atoms with van der Waals surface area (Å²) >= 11 is 0. The second-order valence-electron chi connectivity index (χ2n) is 4.83. The maximum absolute atomic E-state index is 12.1. The Morgan fingerprint density at radius 3 is 2.78 bits per heavy atom. The fourth-order valence-electron chi connectivity index (χ4n) is 2.68. The molecule has 0 amide bonds. The summed E-state index contributed by atoms with van der Waals surface area (Å²) in [5.74, 6) is -0.0536.